The molecule has 2 N–H and O–H groups in total. The van der Waals surface area contributed by atoms with Gasteiger partial charge in [-0.3, -0.25) is 19.0 Å². The van der Waals surface area contributed by atoms with E-state index < -0.39 is 17.2 Å². The average Bonchev–Trinajstić information content (AvgIpc) is 2.73. The van der Waals surface area contributed by atoms with Crippen LogP contribution in [0.5, 0.6) is 5.75 Å². The second-order valence-electron chi connectivity index (χ2n) is 6.14. The molecule has 0 saturated heterocycles. The molecule has 0 spiro atoms. The van der Waals surface area contributed by atoms with Gasteiger partial charge in [-0.25, -0.2) is 9.48 Å². The number of carbonyl (C=O) groups is 1. The van der Waals surface area contributed by atoms with Crippen LogP contribution in [0, 0.1) is 0 Å². The zero-order valence-corrected chi connectivity index (χ0v) is 15.8. The number of aromatic amines is 1. The molecule has 10 heteroatoms. The number of ether oxygens (including phenoxy) is 1. The van der Waals surface area contributed by atoms with Crippen molar-refractivity contribution < 1.29 is 9.53 Å². The van der Waals surface area contributed by atoms with Crippen LogP contribution in [0.2, 0.25) is 0 Å². The highest BCUT2D eigenvalue weighted by Crippen LogP contribution is 2.19. The van der Waals surface area contributed by atoms with Gasteiger partial charge in [-0.1, -0.05) is 0 Å². The first-order valence-electron chi connectivity index (χ1n) is 8.70. The average molecular weight is 397 g/mol. The van der Waals surface area contributed by atoms with Crippen molar-refractivity contribution in [2.45, 2.75) is 6.54 Å². The number of amides is 1. The molecule has 0 aliphatic heterocycles. The molecule has 0 saturated carbocycles. The summed E-state index contributed by atoms with van der Waals surface area (Å²) in [5.74, 6) is 0.0550. The summed E-state index contributed by atoms with van der Waals surface area (Å²) < 4.78 is 7.15. The number of carbonyl (C=O) groups excluding carboxylic acids is 1. The second kappa shape index (κ2) is 8.38. The first kappa shape index (κ1) is 19.8. The largest absolute Gasteiger partial charge is 0.497 e. The highest BCUT2D eigenvalue weighted by Gasteiger charge is 2.13. The number of hydrogen-bond acceptors (Lipinski definition) is 6. The number of hydrogen-bond donors (Lipinski definition) is 2. The lowest BCUT2D eigenvalue weighted by Gasteiger charge is -2.09. The lowest BCUT2D eigenvalue weighted by Crippen LogP contribution is -2.40. The minimum atomic E-state index is -0.706. The van der Waals surface area contributed by atoms with E-state index in [1.54, 1.807) is 25.3 Å². The SMILES string of the molecule is COc1ccc(-c2ccc(=O)n(CCNC(=O)c3c[nH]c(=O)n(C)c3=O)n2)cc1. The third-order valence-electron chi connectivity index (χ3n) is 4.29. The van der Waals surface area contributed by atoms with E-state index in [4.69, 9.17) is 4.74 Å². The molecule has 0 aliphatic carbocycles. The van der Waals surface area contributed by atoms with E-state index in [1.807, 2.05) is 12.1 Å². The lowest BCUT2D eigenvalue weighted by atomic mass is 10.1. The molecule has 3 rings (SSSR count). The summed E-state index contributed by atoms with van der Waals surface area (Å²) in [5.41, 5.74) is -0.440. The van der Waals surface area contributed by atoms with Crippen LogP contribution in [-0.2, 0) is 13.6 Å². The quantitative estimate of drug-likeness (QED) is 0.590. The van der Waals surface area contributed by atoms with E-state index in [0.29, 0.717) is 11.4 Å². The minimum absolute atomic E-state index is 0.0695. The Morgan fingerprint density at radius 2 is 1.86 bits per heavy atom. The molecule has 0 aliphatic rings. The van der Waals surface area contributed by atoms with Crippen molar-refractivity contribution in [3.63, 3.8) is 0 Å². The monoisotopic (exact) mass is 397 g/mol. The molecule has 0 unspecified atom stereocenters. The van der Waals surface area contributed by atoms with Crippen LogP contribution in [-0.4, -0.2) is 38.9 Å². The standard InChI is InChI=1S/C19H19N5O5/c1-23-18(27)14(11-21-19(23)28)17(26)20-9-10-24-16(25)8-7-15(22-24)12-3-5-13(29-2)6-4-12/h3-8,11H,9-10H2,1-2H3,(H,20,26)(H,21,28). The van der Waals surface area contributed by atoms with Gasteiger partial charge < -0.3 is 15.0 Å². The molecular weight excluding hydrogens is 378 g/mol. The molecule has 2 aromatic heterocycles. The van der Waals surface area contributed by atoms with Gasteiger partial charge in [0.05, 0.1) is 19.3 Å². The van der Waals surface area contributed by atoms with Crippen LogP contribution >= 0.6 is 0 Å². The molecule has 10 nitrogen and oxygen atoms in total. The Bertz CT molecular complexity index is 1210. The maximum Gasteiger partial charge on any atom is 0.328 e. The van der Waals surface area contributed by atoms with Crippen molar-refractivity contribution in [2.75, 3.05) is 13.7 Å². The van der Waals surface area contributed by atoms with Gasteiger partial charge in [0.25, 0.3) is 17.0 Å². The summed E-state index contributed by atoms with van der Waals surface area (Å²) in [4.78, 5) is 49.9. The van der Waals surface area contributed by atoms with Gasteiger partial charge in [0.2, 0.25) is 0 Å². The van der Waals surface area contributed by atoms with E-state index in [1.165, 1.54) is 17.8 Å². The molecule has 29 heavy (non-hydrogen) atoms. The summed E-state index contributed by atoms with van der Waals surface area (Å²) in [5, 5.41) is 6.86. The Kier molecular flexibility index (Phi) is 5.72. The molecular formula is C19H19N5O5. The van der Waals surface area contributed by atoms with Crippen molar-refractivity contribution in [1.82, 2.24) is 24.6 Å². The van der Waals surface area contributed by atoms with Crippen LogP contribution in [0.4, 0.5) is 0 Å². The predicted molar refractivity (Wildman–Crippen MR) is 105 cm³/mol. The van der Waals surface area contributed by atoms with Gasteiger partial charge in [0.15, 0.2) is 0 Å². The Morgan fingerprint density at radius 1 is 1.14 bits per heavy atom. The Balaban J connectivity index is 1.71. The van der Waals surface area contributed by atoms with E-state index in [2.05, 4.69) is 15.4 Å². The van der Waals surface area contributed by atoms with E-state index in [9.17, 15) is 19.2 Å². The summed E-state index contributed by atoms with van der Waals surface area (Å²) in [7, 11) is 2.84. The van der Waals surface area contributed by atoms with Crippen molar-refractivity contribution in [3.8, 4) is 17.0 Å². The fourth-order valence-electron chi connectivity index (χ4n) is 2.62. The number of nitrogens with one attached hydrogen (secondary N) is 2. The third-order valence-corrected chi connectivity index (χ3v) is 4.29. The Hall–Kier alpha value is -3.95. The zero-order chi connectivity index (χ0) is 21.0. The predicted octanol–water partition coefficient (Wildman–Crippen LogP) is -0.264. The van der Waals surface area contributed by atoms with Gasteiger partial charge in [-0.2, -0.15) is 5.10 Å². The normalized spacial score (nSPS) is 10.6. The summed E-state index contributed by atoms with van der Waals surface area (Å²) >= 11 is 0. The molecule has 0 fully saturated rings. The fraction of sp³-hybridized carbons (Fsp3) is 0.211. The first-order valence-corrected chi connectivity index (χ1v) is 8.70. The van der Waals surface area contributed by atoms with Crippen molar-refractivity contribution in [1.29, 1.82) is 0 Å². The molecule has 1 amide bonds. The maximum atomic E-state index is 12.2. The second-order valence-corrected chi connectivity index (χ2v) is 6.14. The van der Waals surface area contributed by atoms with E-state index >= 15 is 0 Å². The van der Waals surface area contributed by atoms with Crippen molar-refractivity contribution in [2.24, 2.45) is 7.05 Å². The molecule has 1 aromatic carbocycles. The first-order chi connectivity index (χ1) is 13.9. The van der Waals surface area contributed by atoms with Gasteiger partial charge in [-0.05, 0) is 30.3 Å². The lowest BCUT2D eigenvalue weighted by molar-refractivity contribution is 0.0949. The Labute approximate surface area is 164 Å². The number of benzene rings is 1. The molecule has 0 radical (unpaired) electrons. The number of H-pyrrole nitrogens is 1. The third kappa shape index (κ3) is 4.32. The fourth-order valence-corrected chi connectivity index (χ4v) is 2.62. The van der Waals surface area contributed by atoms with Gasteiger partial charge in [-0.15, -0.1) is 0 Å². The molecule has 0 bridgehead atoms. The van der Waals surface area contributed by atoms with Crippen molar-refractivity contribution in [3.05, 3.63) is 79.4 Å². The van der Waals surface area contributed by atoms with Gasteiger partial charge >= 0.3 is 5.69 Å². The van der Waals surface area contributed by atoms with E-state index in [-0.39, 0.29) is 24.2 Å². The summed E-state index contributed by atoms with van der Waals surface area (Å²) in [6.45, 7) is 0.179. The van der Waals surface area contributed by atoms with Crippen LogP contribution in [0.15, 0.2) is 57.0 Å². The summed E-state index contributed by atoms with van der Waals surface area (Å²) in [6, 6.07) is 10.2. The summed E-state index contributed by atoms with van der Waals surface area (Å²) in [6.07, 6.45) is 1.06. The van der Waals surface area contributed by atoms with E-state index in [0.717, 1.165) is 16.3 Å². The molecule has 150 valence electrons. The van der Waals surface area contributed by atoms with Crippen LogP contribution in [0.1, 0.15) is 10.4 Å². The highest BCUT2D eigenvalue weighted by molar-refractivity contribution is 5.93. The topological polar surface area (TPSA) is 128 Å². The van der Waals surface area contributed by atoms with Gasteiger partial charge in [0.1, 0.15) is 11.3 Å². The minimum Gasteiger partial charge on any atom is -0.497 e. The zero-order valence-electron chi connectivity index (χ0n) is 15.8. The van der Waals surface area contributed by atoms with Crippen LogP contribution in [0.25, 0.3) is 11.3 Å². The number of aromatic nitrogens is 4. The molecule has 3 aromatic rings. The molecule has 2 heterocycles. The number of nitrogens with zero attached hydrogens (tertiary/aromatic N) is 3. The highest BCUT2D eigenvalue weighted by atomic mass is 16.5. The molecule has 0 atom stereocenters. The van der Waals surface area contributed by atoms with Crippen molar-refractivity contribution >= 4 is 5.91 Å². The number of methoxy groups -OCH3 is 1. The smallest absolute Gasteiger partial charge is 0.328 e. The maximum absolute atomic E-state index is 12.2. The van der Waals surface area contributed by atoms with Crippen LogP contribution in [0.3, 0.4) is 0 Å². The Morgan fingerprint density at radius 3 is 2.55 bits per heavy atom. The van der Waals surface area contributed by atoms with Gasteiger partial charge in [0, 0.05) is 31.4 Å². The van der Waals surface area contributed by atoms with Crippen LogP contribution < -0.4 is 26.9 Å². The number of rotatable bonds is 6.